The Morgan fingerprint density at radius 2 is 1.83 bits per heavy atom. The Bertz CT molecular complexity index is 863. The highest BCUT2D eigenvalue weighted by atomic mass is 31.1. The van der Waals surface area contributed by atoms with Gasteiger partial charge in [-0.15, -0.1) is 0 Å². The molecule has 0 aliphatic rings. The van der Waals surface area contributed by atoms with E-state index in [1.165, 1.54) is 0 Å². The maximum absolute atomic E-state index is 12.0. The molecule has 0 saturated carbocycles. The molecule has 0 spiro atoms. The van der Waals surface area contributed by atoms with Gasteiger partial charge in [0.2, 0.25) is 0 Å². The summed E-state index contributed by atoms with van der Waals surface area (Å²) in [4.78, 5) is 24.7. The van der Waals surface area contributed by atoms with Gasteiger partial charge in [0.15, 0.2) is 6.04 Å². The lowest BCUT2D eigenvalue weighted by atomic mass is 10.1. The molecule has 2 atom stereocenters. The topological polar surface area (TPSA) is 93.6 Å². The number of nitrogens with one attached hydrogen (secondary N) is 1. The number of nitrogens with zero attached hydrogens (tertiary/aromatic N) is 1. The van der Waals surface area contributed by atoms with Gasteiger partial charge in [-0.1, -0.05) is 36.4 Å². The Labute approximate surface area is 132 Å². The highest BCUT2D eigenvalue weighted by Crippen LogP contribution is 2.42. The normalized spacial score (nSPS) is 13.6. The Balaban J connectivity index is 2.19. The fourth-order valence-electron chi connectivity index (χ4n) is 2.67. The standard InChI is InChI=1S/C16H15N2O4P/c19-16(20)15(11-5-2-1-3-6-11)18(23(21)22)14-8-4-7-13-12(14)9-10-17-13/h1-10,15,17,23H,(H,19,20)(H,21,22). The van der Waals surface area contributed by atoms with Crippen LogP contribution in [0.3, 0.4) is 0 Å². The molecule has 2 aromatic carbocycles. The van der Waals surface area contributed by atoms with Crippen LogP contribution >= 0.6 is 8.18 Å². The molecule has 2 unspecified atom stereocenters. The van der Waals surface area contributed by atoms with Gasteiger partial charge in [0.1, 0.15) is 0 Å². The molecule has 0 bridgehead atoms. The SMILES string of the molecule is O=C(O)C(c1ccccc1)N(c1cccc2[nH]ccc12)[PH](=O)O. The van der Waals surface area contributed by atoms with Crippen molar-refractivity contribution in [3.8, 4) is 0 Å². The van der Waals surface area contributed by atoms with E-state index in [1.54, 1.807) is 54.7 Å². The van der Waals surface area contributed by atoms with Crippen molar-refractivity contribution in [1.29, 1.82) is 0 Å². The lowest BCUT2D eigenvalue weighted by molar-refractivity contribution is -0.138. The number of H-pyrrole nitrogens is 1. The quantitative estimate of drug-likeness (QED) is 0.625. The molecule has 7 heteroatoms. The lowest BCUT2D eigenvalue weighted by Gasteiger charge is -2.29. The van der Waals surface area contributed by atoms with Crippen molar-refractivity contribution in [2.45, 2.75) is 6.04 Å². The summed E-state index contributed by atoms with van der Waals surface area (Å²) >= 11 is 0. The van der Waals surface area contributed by atoms with Gasteiger partial charge in [-0.25, -0.2) is 4.79 Å². The molecule has 1 heterocycles. The van der Waals surface area contributed by atoms with E-state index in [2.05, 4.69) is 4.98 Å². The van der Waals surface area contributed by atoms with Crippen LogP contribution in [-0.4, -0.2) is 21.0 Å². The molecule has 3 N–H and O–H groups in total. The minimum Gasteiger partial charge on any atom is -0.479 e. The van der Waals surface area contributed by atoms with Gasteiger partial charge in [-0.3, -0.25) is 9.24 Å². The fourth-order valence-corrected chi connectivity index (χ4v) is 3.55. The van der Waals surface area contributed by atoms with Gasteiger partial charge >= 0.3 is 5.97 Å². The fraction of sp³-hybridized carbons (Fsp3) is 0.0625. The third kappa shape index (κ3) is 2.86. The summed E-state index contributed by atoms with van der Waals surface area (Å²) in [6.45, 7) is 0. The number of carboxylic acid groups (broad SMARTS) is 1. The summed E-state index contributed by atoms with van der Waals surface area (Å²) < 4.78 is 13.1. The van der Waals surface area contributed by atoms with Crippen LogP contribution in [0.15, 0.2) is 60.8 Å². The minimum atomic E-state index is -3.30. The monoisotopic (exact) mass is 330 g/mol. The zero-order chi connectivity index (χ0) is 16.4. The second kappa shape index (κ2) is 6.28. The predicted octanol–water partition coefficient (Wildman–Crippen LogP) is 3.18. The van der Waals surface area contributed by atoms with E-state index in [0.717, 1.165) is 10.2 Å². The number of carbonyl (C=O) groups is 1. The summed E-state index contributed by atoms with van der Waals surface area (Å²) in [6.07, 6.45) is 1.71. The number of hydrogen-bond acceptors (Lipinski definition) is 2. The molecular weight excluding hydrogens is 315 g/mol. The summed E-state index contributed by atoms with van der Waals surface area (Å²) in [5.41, 5.74) is 1.62. The molecule has 3 aromatic rings. The van der Waals surface area contributed by atoms with Gasteiger partial charge in [-0.2, -0.15) is 0 Å². The van der Waals surface area contributed by atoms with E-state index in [1.807, 2.05) is 6.07 Å². The van der Waals surface area contributed by atoms with E-state index < -0.39 is 20.2 Å². The van der Waals surface area contributed by atoms with Crippen LogP contribution in [0.25, 0.3) is 10.9 Å². The molecule has 23 heavy (non-hydrogen) atoms. The summed E-state index contributed by atoms with van der Waals surface area (Å²) in [5.74, 6) is -1.18. The first kappa shape index (κ1) is 15.3. The summed E-state index contributed by atoms with van der Waals surface area (Å²) in [5, 5.41) is 10.3. The summed E-state index contributed by atoms with van der Waals surface area (Å²) in [7, 11) is -3.30. The first-order valence-corrected chi connectivity index (χ1v) is 8.26. The van der Waals surface area contributed by atoms with Crippen molar-refractivity contribution in [2.75, 3.05) is 4.67 Å². The molecule has 0 radical (unpaired) electrons. The van der Waals surface area contributed by atoms with E-state index in [-0.39, 0.29) is 0 Å². The van der Waals surface area contributed by atoms with Gasteiger partial charge in [0.05, 0.1) is 5.69 Å². The van der Waals surface area contributed by atoms with E-state index >= 15 is 0 Å². The first-order valence-electron chi connectivity index (χ1n) is 6.95. The number of aromatic nitrogens is 1. The third-order valence-corrected chi connectivity index (χ3v) is 4.56. The van der Waals surface area contributed by atoms with Crippen LogP contribution in [0.4, 0.5) is 5.69 Å². The van der Waals surface area contributed by atoms with Gasteiger partial charge in [0, 0.05) is 17.1 Å². The highest BCUT2D eigenvalue weighted by Gasteiger charge is 2.31. The Morgan fingerprint density at radius 3 is 2.48 bits per heavy atom. The number of fused-ring (bicyclic) bond motifs is 1. The van der Waals surface area contributed by atoms with Crippen LogP contribution in [0.1, 0.15) is 11.6 Å². The van der Waals surface area contributed by atoms with Crippen LogP contribution in [0.2, 0.25) is 0 Å². The second-order valence-electron chi connectivity index (χ2n) is 5.02. The predicted molar refractivity (Wildman–Crippen MR) is 88.8 cm³/mol. The third-order valence-electron chi connectivity index (χ3n) is 3.64. The number of carboxylic acids is 1. The Kier molecular flexibility index (Phi) is 4.19. The molecule has 0 fully saturated rings. The maximum atomic E-state index is 12.0. The molecule has 0 aliphatic heterocycles. The largest absolute Gasteiger partial charge is 0.479 e. The molecular formula is C16H15N2O4P. The number of rotatable bonds is 5. The van der Waals surface area contributed by atoms with E-state index in [4.69, 9.17) is 0 Å². The van der Waals surface area contributed by atoms with Crippen molar-refractivity contribution in [1.82, 2.24) is 4.98 Å². The zero-order valence-electron chi connectivity index (χ0n) is 12.0. The smallest absolute Gasteiger partial charge is 0.331 e. The highest BCUT2D eigenvalue weighted by molar-refractivity contribution is 7.40. The van der Waals surface area contributed by atoms with Crippen LogP contribution < -0.4 is 4.67 Å². The average molecular weight is 330 g/mol. The van der Waals surface area contributed by atoms with Crippen molar-refractivity contribution in [3.63, 3.8) is 0 Å². The maximum Gasteiger partial charge on any atom is 0.331 e. The number of aliphatic carboxylic acids is 1. The molecule has 1 aromatic heterocycles. The van der Waals surface area contributed by atoms with Crippen molar-refractivity contribution >= 4 is 30.7 Å². The Morgan fingerprint density at radius 1 is 1.09 bits per heavy atom. The first-order chi connectivity index (χ1) is 11.1. The Hall–Kier alpha value is -2.56. The van der Waals surface area contributed by atoms with Crippen LogP contribution in [0, 0.1) is 0 Å². The van der Waals surface area contributed by atoms with Gasteiger partial charge in [-0.05, 0) is 23.8 Å². The lowest BCUT2D eigenvalue weighted by Crippen LogP contribution is -2.28. The molecule has 3 rings (SSSR count). The van der Waals surface area contributed by atoms with E-state index in [0.29, 0.717) is 16.6 Å². The molecule has 6 nitrogen and oxygen atoms in total. The zero-order valence-corrected chi connectivity index (χ0v) is 13.0. The van der Waals surface area contributed by atoms with Crippen LogP contribution in [0.5, 0.6) is 0 Å². The summed E-state index contributed by atoms with van der Waals surface area (Å²) in [6, 6.07) is 14.1. The van der Waals surface area contributed by atoms with Crippen molar-refractivity contribution in [3.05, 3.63) is 66.4 Å². The van der Waals surface area contributed by atoms with Gasteiger partial charge < -0.3 is 15.0 Å². The number of anilines is 1. The average Bonchev–Trinajstić information content (AvgIpc) is 3.01. The minimum absolute atomic E-state index is 0.409. The number of hydrogen-bond donors (Lipinski definition) is 3. The number of aromatic amines is 1. The van der Waals surface area contributed by atoms with E-state index in [9.17, 15) is 19.4 Å². The van der Waals surface area contributed by atoms with Crippen molar-refractivity contribution < 1.29 is 19.4 Å². The number of benzene rings is 2. The van der Waals surface area contributed by atoms with Crippen LogP contribution in [-0.2, 0) is 9.36 Å². The second-order valence-corrected chi connectivity index (χ2v) is 6.07. The molecule has 0 amide bonds. The molecule has 118 valence electrons. The molecule has 0 aliphatic carbocycles. The van der Waals surface area contributed by atoms with Gasteiger partial charge in [0.25, 0.3) is 8.18 Å². The molecule has 0 saturated heterocycles. The van der Waals surface area contributed by atoms with Crippen molar-refractivity contribution in [2.24, 2.45) is 0 Å².